The minimum atomic E-state index is -1.68. The zero-order valence-corrected chi connectivity index (χ0v) is 40.7. The molecular formula is C46H58N4O3P2S5. The molecule has 7 nitrogen and oxygen atoms in total. The fourth-order valence-electron chi connectivity index (χ4n) is 6.58. The Kier molecular flexibility index (Phi) is 19.8. The number of para-hydroxylation sites is 2. The quantitative estimate of drug-likeness (QED) is 0.0328. The number of thiocarbonyl (C=S) groups is 1. The van der Waals surface area contributed by atoms with E-state index in [1.165, 1.54) is 70.1 Å². The van der Waals surface area contributed by atoms with E-state index in [9.17, 15) is 4.79 Å². The summed E-state index contributed by atoms with van der Waals surface area (Å²) in [5.41, 5.74) is 5.84. The summed E-state index contributed by atoms with van der Waals surface area (Å²) in [6.07, 6.45) is 14.6. The number of amides is 1. The Morgan fingerprint density at radius 3 is 1.67 bits per heavy atom. The molecule has 4 aromatic carbocycles. The van der Waals surface area contributed by atoms with E-state index in [2.05, 4.69) is 89.2 Å². The van der Waals surface area contributed by atoms with Gasteiger partial charge in [0.25, 0.3) is 0 Å². The molecule has 3 heterocycles. The van der Waals surface area contributed by atoms with Gasteiger partial charge in [-0.15, -0.1) is 0 Å². The number of aliphatic hydroxyl groups is 1. The number of hydrogen-bond acceptors (Lipinski definition) is 8. The molecule has 0 unspecified atom stereocenters. The number of ether oxygens (including phenoxy) is 1. The second kappa shape index (κ2) is 24.6. The van der Waals surface area contributed by atoms with Gasteiger partial charge in [0.2, 0.25) is 5.91 Å². The Morgan fingerprint density at radius 2 is 1.17 bits per heavy atom. The topological polar surface area (TPSA) is 102 Å². The molecular weight excluding hydrogens is 879 g/mol. The standard InChI is InChI=1S/C16H22N2O.C16H22N2S.C14H14O2P2S4/c2*1-2-3-6-11-17-16(19)10-9-13-12-18-15-8-5-4-7-14(13)15;1-16-12-4-8-14(9-5-12)18(20)21-17(19,22-18)13-6-2-11(10-15)3-7-13/h2*4-5,7-8,12,18H,2-3,6,9-11H2,1H3,(H,17,19);2-9,15H,10H2,1H3. The average Bonchev–Trinajstić information content (AvgIpc) is 3.89. The summed E-state index contributed by atoms with van der Waals surface area (Å²) in [5, 5.41) is 20.4. The molecule has 0 radical (unpaired) electrons. The van der Waals surface area contributed by atoms with Crippen LogP contribution in [-0.4, -0.2) is 46.2 Å². The maximum atomic E-state index is 11.7. The lowest BCUT2D eigenvalue weighted by atomic mass is 10.1. The number of methoxy groups -OCH3 is 1. The van der Waals surface area contributed by atoms with Crippen LogP contribution >= 0.6 is 43.1 Å². The fraction of sp³-hybridized carbons (Fsp3) is 0.348. The minimum Gasteiger partial charge on any atom is -0.497 e. The third-order valence-electron chi connectivity index (χ3n) is 10.1. The molecule has 0 aliphatic carbocycles. The molecule has 1 aliphatic heterocycles. The van der Waals surface area contributed by atoms with Crippen LogP contribution in [0.4, 0.5) is 0 Å². The molecule has 0 spiro atoms. The Bertz CT molecular complexity index is 2190. The number of fused-ring (bicyclic) bond motifs is 2. The predicted molar refractivity (Wildman–Crippen MR) is 274 cm³/mol. The second-order valence-corrected chi connectivity index (χ2v) is 36.3. The highest BCUT2D eigenvalue weighted by molar-refractivity contribution is 9.48. The van der Waals surface area contributed by atoms with Crippen molar-refractivity contribution >= 4 is 110 Å². The normalized spacial score (nSPS) is 16.8. The number of carbonyl (C=O) groups excluding carboxylic acids is 1. The van der Waals surface area contributed by atoms with Crippen LogP contribution in [-0.2, 0) is 47.9 Å². The van der Waals surface area contributed by atoms with Gasteiger partial charge in [-0.1, -0.05) is 158 Å². The number of aromatic nitrogens is 2. The summed E-state index contributed by atoms with van der Waals surface area (Å²) < 4.78 is 1.84. The van der Waals surface area contributed by atoms with Gasteiger partial charge in [-0.2, -0.15) is 0 Å². The summed E-state index contributed by atoms with van der Waals surface area (Å²) in [6.45, 7) is 6.27. The largest absolute Gasteiger partial charge is 0.497 e. The zero-order chi connectivity index (χ0) is 42.8. The number of rotatable bonds is 18. The minimum absolute atomic E-state index is 0.0628. The Hall–Kier alpha value is -2.92. The molecule has 60 heavy (non-hydrogen) atoms. The summed E-state index contributed by atoms with van der Waals surface area (Å²) in [7, 11) is 1.66. The number of carbonyl (C=O) groups is 1. The molecule has 1 saturated heterocycles. The summed E-state index contributed by atoms with van der Waals surface area (Å²) in [4.78, 5) is 19.3. The van der Waals surface area contributed by atoms with E-state index in [0.29, 0.717) is 6.42 Å². The highest BCUT2D eigenvalue weighted by Crippen LogP contribution is 3.04. The van der Waals surface area contributed by atoms with Crippen molar-refractivity contribution in [1.82, 2.24) is 20.6 Å². The van der Waals surface area contributed by atoms with Crippen molar-refractivity contribution < 1.29 is 14.6 Å². The SMILES string of the molecule is CCCCCNC(=O)CCc1c[nH]c2ccccc12.CCCCCNC(=S)CCc1c[nH]c2ccccc12.COc1ccc(P2(=S)SP(=S)(c3ccc(CO)cc3)S2)cc1. The van der Waals surface area contributed by atoms with E-state index in [4.69, 9.17) is 45.7 Å². The van der Waals surface area contributed by atoms with E-state index >= 15 is 0 Å². The number of nitrogens with one attached hydrogen (secondary N) is 4. The first-order valence-electron chi connectivity index (χ1n) is 20.7. The lowest BCUT2D eigenvalue weighted by molar-refractivity contribution is -0.121. The van der Waals surface area contributed by atoms with Gasteiger partial charge in [0.1, 0.15) is 5.75 Å². The maximum absolute atomic E-state index is 11.7. The predicted octanol–water partition coefficient (Wildman–Crippen LogP) is 11.9. The van der Waals surface area contributed by atoms with Crippen LogP contribution in [0.15, 0.2) is 109 Å². The number of benzene rings is 4. The first kappa shape index (κ1) is 48.1. The van der Waals surface area contributed by atoms with Crippen molar-refractivity contribution in [2.45, 2.75) is 84.7 Å². The molecule has 2 aromatic heterocycles. The number of hydrogen-bond donors (Lipinski definition) is 5. The van der Waals surface area contributed by atoms with Crippen LogP contribution in [0.5, 0.6) is 5.75 Å². The van der Waals surface area contributed by atoms with E-state index in [1.807, 2.05) is 76.7 Å². The van der Waals surface area contributed by atoms with E-state index in [1.54, 1.807) is 7.11 Å². The molecule has 1 fully saturated rings. The number of aliphatic hydroxyl groups excluding tert-OH is 1. The van der Waals surface area contributed by atoms with Crippen molar-refractivity contribution in [2.24, 2.45) is 0 Å². The Labute approximate surface area is 379 Å². The fourth-order valence-corrected chi connectivity index (χ4v) is 49.1. The first-order valence-corrected chi connectivity index (χ1v) is 30.8. The van der Waals surface area contributed by atoms with Crippen molar-refractivity contribution in [3.8, 4) is 5.75 Å². The van der Waals surface area contributed by atoms with Gasteiger partial charge >= 0.3 is 0 Å². The molecule has 14 heteroatoms. The molecule has 0 bridgehead atoms. The molecule has 1 amide bonds. The number of aryl methyl sites for hydroxylation is 2. The van der Waals surface area contributed by atoms with Crippen LogP contribution in [0.1, 0.15) is 81.9 Å². The molecule has 0 atom stereocenters. The first-order chi connectivity index (χ1) is 29.1. The molecule has 5 N–H and O–H groups in total. The van der Waals surface area contributed by atoms with Crippen molar-refractivity contribution in [1.29, 1.82) is 0 Å². The van der Waals surface area contributed by atoms with Gasteiger partial charge in [0.15, 0.2) is 0 Å². The van der Waals surface area contributed by atoms with Gasteiger partial charge in [-0.05, 0) is 78.8 Å². The lowest BCUT2D eigenvalue weighted by Crippen LogP contribution is -2.24. The van der Waals surface area contributed by atoms with Crippen LogP contribution in [0.3, 0.4) is 0 Å². The van der Waals surface area contributed by atoms with E-state index in [0.717, 1.165) is 60.6 Å². The van der Waals surface area contributed by atoms with Crippen molar-refractivity contribution in [3.63, 3.8) is 0 Å². The molecule has 6 aromatic rings. The summed E-state index contributed by atoms with van der Waals surface area (Å²) in [6, 6.07) is 32.6. The lowest BCUT2D eigenvalue weighted by Gasteiger charge is -2.40. The number of H-pyrrole nitrogens is 2. The van der Waals surface area contributed by atoms with Gasteiger partial charge in [-0.3, -0.25) is 4.79 Å². The molecule has 320 valence electrons. The smallest absolute Gasteiger partial charge is 0.220 e. The number of aromatic amines is 2. The van der Waals surface area contributed by atoms with Gasteiger partial charge in [-0.25, -0.2) is 0 Å². The second-order valence-electron chi connectivity index (χ2n) is 14.5. The number of unbranched alkanes of at least 4 members (excludes halogenated alkanes) is 4. The van der Waals surface area contributed by atoms with Gasteiger partial charge in [0.05, 0.1) is 27.6 Å². The van der Waals surface area contributed by atoms with Crippen LogP contribution < -0.4 is 26.0 Å². The van der Waals surface area contributed by atoms with Crippen LogP contribution in [0.2, 0.25) is 0 Å². The third kappa shape index (κ3) is 14.0. The zero-order valence-electron chi connectivity index (χ0n) is 34.8. The molecule has 1 aliphatic rings. The van der Waals surface area contributed by atoms with E-state index in [-0.39, 0.29) is 12.5 Å². The van der Waals surface area contributed by atoms with Crippen molar-refractivity contribution in [3.05, 3.63) is 126 Å². The van der Waals surface area contributed by atoms with Crippen molar-refractivity contribution in [2.75, 3.05) is 20.2 Å². The van der Waals surface area contributed by atoms with Gasteiger partial charge < -0.3 is 30.4 Å². The summed E-state index contributed by atoms with van der Waals surface area (Å²) in [5.74, 6) is 1.00. The highest BCUT2D eigenvalue weighted by atomic mass is 33.7. The Balaban J connectivity index is 0.000000171. The highest BCUT2D eigenvalue weighted by Gasteiger charge is 2.45. The average molecular weight is 937 g/mol. The van der Waals surface area contributed by atoms with Crippen LogP contribution in [0, 0.1) is 0 Å². The van der Waals surface area contributed by atoms with E-state index < -0.39 is 8.88 Å². The van der Waals surface area contributed by atoms with Gasteiger partial charge in [0, 0.05) is 70.7 Å². The summed E-state index contributed by atoms with van der Waals surface area (Å²) >= 11 is 20.8. The monoisotopic (exact) mass is 936 g/mol. The van der Waals surface area contributed by atoms with Crippen LogP contribution in [0.25, 0.3) is 21.8 Å². The Morgan fingerprint density at radius 1 is 0.683 bits per heavy atom. The maximum Gasteiger partial charge on any atom is 0.220 e. The third-order valence-corrected chi connectivity index (χ3v) is 41.6. The molecule has 7 rings (SSSR count). The molecule has 0 saturated carbocycles.